The van der Waals surface area contributed by atoms with E-state index in [2.05, 4.69) is 18.3 Å². The van der Waals surface area contributed by atoms with Gasteiger partial charge in [0.25, 0.3) is 0 Å². The SMILES string of the molecule is CC1CCCCCC1Nc1ccccc1N. The third-order valence-corrected chi connectivity index (χ3v) is 3.66. The van der Waals surface area contributed by atoms with Crippen LogP contribution in [0.2, 0.25) is 0 Å². The van der Waals surface area contributed by atoms with Crippen molar-refractivity contribution in [1.29, 1.82) is 0 Å². The maximum absolute atomic E-state index is 5.96. The minimum atomic E-state index is 0.590. The molecule has 16 heavy (non-hydrogen) atoms. The van der Waals surface area contributed by atoms with Crippen molar-refractivity contribution in [2.75, 3.05) is 11.1 Å². The number of nitrogens with two attached hydrogens (primary N) is 1. The molecule has 0 radical (unpaired) electrons. The van der Waals surface area contributed by atoms with Gasteiger partial charge in [0.15, 0.2) is 0 Å². The molecule has 2 unspecified atom stereocenters. The van der Waals surface area contributed by atoms with Crippen LogP contribution in [-0.2, 0) is 0 Å². The second-order valence-electron chi connectivity index (χ2n) is 4.95. The topological polar surface area (TPSA) is 38.0 Å². The molecule has 0 bridgehead atoms. The Balaban J connectivity index is 2.05. The van der Waals surface area contributed by atoms with Crippen LogP contribution in [0.1, 0.15) is 39.0 Å². The van der Waals surface area contributed by atoms with Crippen molar-refractivity contribution in [2.45, 2.75) is 45.1 Å². The fourth-order valence-electron chi connectivity index (χ4n) is 2.54. The minimum absolute atomic E-state index is 0.590. The van der Waals surface area contributed by atoms with Gasteiger partial charge in [-0.05, 0) is 30.9 Å². The molecule has 1 aliphatic carbocycles. The zero-order chi connectivity index (χ0) is 11.4. The van der Waals surface area contributed by atoms with Gasteiger partial charge < -0.3 is 11.1 Å². The number of benzene rings is 1. The van der Waals surface area contributed by atoms with Gasteiger partial charge in [-0.1, -0.05) is 38.3 Å². The highest BCUT2D eigenvalue weighted by Gasteiger charge is 2.19. The minimum Gasteiger partial charge on any atom is -0.397 e. The molecule has 2 heteroatoms. The summed E-state index contributed by atoms with van der Waals surface area (Å²) in [5.41, 5.74) is 7.92. The lowest BCUT2D eigenvalue weighted by molar-refractivity contribution is 0.457. The Labute approximate surface area is 98.2 Å². The number of nitrogens with one attached hydrogen (secondary N) is 1. The zero-order valence-electron chi connectivity index (χ0n) is 10.1. The van der Waals surface area contributed by atoms with Gasteiger partial charge in [0.2, 0.25) is 0 Å². The molecule has 0 aliphatic heterocycles. The van der Waals surface area contributed by atoms with Crippen LogP contribution in [0.4, 0.5) is 11.4 Å². The molecule has 1 aromatic carbocycles. The van der Waals surface area contributed by atoms with Crippen molar-refractivity contribution in [3.63, 3.8) is 0 Å². The molecule has 1 aliphatic rings. The summed E-state index contributed by atoms with van der Waals surface area (Å²) in [4.78, 5) is 0. The Kier molecular flexibility index (Phi) is 3.70. The molecule has 1 saturated carbocycles. The fourth-order valence-corrected chi connectivity index (χ4v) is 2.54. The smallest absolute Gasteiger partial charge is 0.0576 e. The molecule has 2 rings (SSSR count). The lowest BCUT2D eigenvalue weighted by Crippen LogP contribution is -2.26. The molecule has 0 aromatic heterocycles. The number of hydrogen-bond donors (Lipinski definition) is 2. The van der Waals surface area contributed by atoms with E-state index in [4.69, 9.17) is 5.73 Å². The van der Waals surface area contributed by atoms with Gasteiger partial charge in [0.05, 0.1) is 11.4 Å². The van der Waals surface area contributed by atoms with Crippen LogP contribution >= 0.6 is 0 Å². The first-order chi connectivity index (χ1) is 7.77. The molecule has 2 atom stereocenters. The van der Waals surface area contributed by atoms with Crippen LogP contribution in [0.25, 0.3) is 0 Å². The van der Waals surface area contributed by atoms with Crippen molar-refractivity contribution in [2.24, 2.45) is 5.92 Å². The third kappa shape index (κ3) is 2.69. The number of nitrogen functional groups attached to an aromatic ring is 1. The van der Waals surface area contributed by atoms with Crippen LogP contribution in [0.5, 0.6) is 0 Å². The normalized spacial score (nSPS) is 26.1. The maximum Gasteiger partial charge on any atom is 0.0576 e. The summed E-state index contributed by atoms with van der Waals surface area (Å²) in [6.07, 6.45) is 6.71. The van der Waals surface area contributed by atoms with E-state index in [0.29, 0.717) is 6.04 Å². The van der Waals surface area contributed by atoms with Gasteiger partial charge in [-0.25, -0.2) is 0 Å². The van der Waals surface area contributed by atoms with Gasteiger partial charge in [-0.2, -0.15) is 0 Å². The van der Waals surface area contributed by atoms with Crippen LogP contribution in [0.15, 0.2) is 24.3 Å². The highest BCUT2D eigenvalue weighted by Crippen LogP contribution is 2.27. The average molecular weight is 218 g/mol. The first-order valence-corrected chi connectivity index (χ1v) is 6.38. The van der Waals surface area contributed by atoms with Crippen LogP contribution in [0, 0.1) is 5.92 Å². The molecule has 0 saturated heterocycles. The predicted octanol–water partition coefficient (Wildman–Crippen LogP) is 3.65. The summed E-state index contributed by atoms with van der Waals surface area (Å²) in [5.74, 6) is 0.752. The van der Waals surface area contributed by atoms with E-state index < -0.39 is 0 Å². The second kappa shape index (κ2) is 5.24. The van der Waals surface area contributed by atoms with Crippen molar-refractivity contribution in [1.82, 2.24) is 0 Å². The summed E-state index contributed by atoms with van der Waals surface area (Å²) in [6.45, 7) is 2.35. The first kappa shape index (κ1) is 11.3. The van der Waals surface area contributed by atoms with Gasteiger partial charge in [-0.3, -0.25) is 0 Å². The summed E-state index contributed by atoms with van der Waals surface area (Å²) >= 11 is 0. The standard InChI is InChI=1S/C14H22N2/c1-11-7-3-2-4-9-13(11)16-14-10-6-5-8-12(14)15/h5-6,8,10-11,13,16H,2-4,7,9,15H2,1H3. The van der Waals surface area contributed by atoms with E-state index in [9.17, 15) is 0 Å². The number of rotatable bonds is 2. The summed E-state index contributed by atoms with van der Waals surface area (Å²) in [6, 6.07) is 8.65. The quantitative estimate of drug-likeness (QED) is 0.587. The van der Waals surface area contributed by atoms with Crippen molar-refractivity contribution in [3.8, 4) is 0 Å². The number of hydrogen-bond acceptors (Lipinski definition) is 2. The summed E-state index contributed by atoms with van der Waals surface area (Å²) in [7, 11) is 0. The van der Waals surface area contributed by atoms with E-state index in [1.165, 1.54) is 32.1 Å². The Morgan fingerprint density at radius 1 is 1.12 bits per heavy atom. The second-order valence-corrected chi connectivity index (χ2v) is 4.95. The van der Waals surface area contributed by atoms with Crippen molar-refractivity contribution < 1.29 is 0 Å². The van der Waals surface area contributed by atoms with Crippen molar-refractivity contribution >= 4 is 11.4 Å². The maximum atomic E-state index is 5.96. The molecular weight excluding hydrogens is 196 g/mol. The van der Waals surface area contributed by atoms with E-state index in [0.717, 1.165) is 17.3 Å². The largest absolute Gasteiger partial charge is 0.397 e. The fraction of sp³-hybridized carbons (Fsp3) is 0.571. The molecule has 0 amide bonds. The average Bonchev–Trinajstić information content (AvgIpc) is 2.48. The van der Waals surface area contributed by atoms with E-state index >= 15 is 0 Å². The molecule has 0 heterocycles. The molecule has 0 spiro atoms. The molecule has 3 N–H and O–H groups in total. The van der Waals surface area contributed by atoms with E-state index in [1.807, 2.05) is 18.2 Å². The monoisotopic (exact) mass is 218 g/mol. The van der Waals surface area contributed by atoms with E-state index in [-0.39, 0.29) is 0 Å². The zero-order valence-corrected chi connectivity index (χ0v) is 10.1. The number of para-hydroxylation sites is 2. The Morgan fingerprint density at radius 3 is 2.69 bits per heavy atom. The molecule has 1 aromatic rings. The third-order valence-electron chi connectivity index (χ3n) is 3.66. The summed E-state index contributed by atoms with van der Waals surface area (Å²) in [5, 5.41) is 3.61. The Morgan fingerprint density at radius 2 is 1.88 bits per heavy atom. The highest BCUT2D eigenvalue weighted by molar-refractivity contribution is 5.66. The van der Waals surface area contributed by atoms with Crippen LogP contribution in [0.3, 0.4) is 0 Å². The molecule has 2 nitrogen and oxygen atoms in total. The molecule has 1 fully saturated rings. The van der Waals surface area contributed by atoms with Crippen LogP contribution in [-0.4, -0.2) is 6.04 Å². The highest BCUT2D eigenvalue weighted by atomic mass is 14.9. The lowest BCUT2D eigenvalue weighted by Gasteiger charge is -2.24. The lowest BCUT2D eigenvalue weighted by atomic mass is 9.96. The predicted molar refractivity (Wildman–Crippen MR) is 70.5 cm³/mol. The van der Waals surface area contributed by atoms with Gasteiger partial charge >= 0.3 is 0 Å². The van der Waals surface area contributed by atoms with Gasteiger partial charge in [0, 0.05) is 6.04 Å². The van der Waals surface area contributed by atoms with Crippen LogP contribution < -0.4 is 11.1 Å². The Hall–Kier alpha value is -1.18. The molecular formula is C14H22N2. The first-order valence-electron chi connectivity index (χ1n) is 6.38. The van der Waals surface area contributed by atoms with Gasteiger partial charge in [-0.15, -0.1) is 0 Å². The number of anilines is 2. The summed E-state index contributed by atoms with van der Waals surface area (Å²) < 4.78 is 0. The Bertz CT molecular complexity index is 335. The van der Waals surface area contributed by atoms with Gasteiger partial charge in [0.1, 0.15) is 0 Å². The molecule has 88 valence electrons. The van der Waals surface area contributed by atoms with Crippen molar-refractivity contribution in [3.05, 3.63) is 24.3 Å². The van der Waals surface area contributed by atoms with E-state index in [1.54, 1.807) is 0 Å².